The van der Waals surface area contributed by atoms with Crippen LogP contribution in [0.5, 0.6) is 0 Å². The van der Waals surface area contributed by atoms with Gasteiger partial charge in [-0.05, 0) is 108 Å². The van der Waals surface area contributed by atoms with Gasteiger partial charge in [-0.2, -0.15) is 12.7 Å². The highest BCUT2D eigenvalue weighted by molar-refractivity contribution is 7.87. The Bertz CT molecular complexity index is 1830. The molecule has 2 spiro atoms. The average molecular weight is 872 g/mol. The number of nitrogens with one attached hydrogen (secondary N) is 4. The van der Waals surface area contributed by atoms with E-state index in [1.807, 2.05) is 20.8 Å². The maximum atomic E-state index is 15.3. The minimum atomic E-state index is -4.22. The van der Waals surface area contributed by atoms with Gasteiger partial charge in [0.1, 0.15) is 23.7 Å². The molecule has 0 aromatic carbocycles. The van der Waals surface area contributed by atoms with Gasteiger partial charge in [-0.15, -0.1) is 6.58 Å². The van der Waals surface area contributed by atoms with E-state index < -0.39 is 63.1 Å². The fourth-order valence-corrected chi connectivity index (χ4v) is 13.9. The van der Waals surface area contributed by atoms with Crippen molar-refractivity contribution in [2.75, 3.05) is 19.6 Å². The Morgan fingerprint density at radius 3 is 2.00 bits per heavy atom. The summed E-state index contributed by atoms with van der Waals surface area (Å²) in [5, 5.41) is 9.33. The fraction of sp³-hybridized carbons (Fsp3) is 0.848. The molecule has 4 saturated carbocycles. The van der Waals surface area contributed by atoms with Crippen molar-refractivity contribution in [3.8, 4) is 0 Å². The molecule has 0 aromatic rings. The number of hydrogen-bond acceptors (Lipinski definition) is 8. The zero-order chi connectivity index (χ0) is 45.1. The molecule has 344 valence electrons. The molecule has 2 heterocycles. The summed E-state index contributed by atoms with van der Waals surface area (Å²) in [5.74, 6) is -2.85. The van der Waals surface area contributed by atoms with Crippen molar-refractivity contribution in [3.05, 3.63) is 12.7 Å². The summed E-state index contributed by atoms with van der Waals surface area (Å²) >= 11 is 0. The lowest BCUT2D eigenvalue weighted by Gasteiger charge is -2.40. The maximum absolute atomic E-state index is 15.3. The van der Waals surface area contributed by atoms with Gasteiger partial charge in [-0.3, -0.25) is 28.9 Å². The molecular weight excluding hydrogens is 795 g/mol. The van der Waals surface area contributed by atoms with Gasteiger partial charge in [-0.25, -0.2) is 4.72 Å². The van der Waals surface area contributed by atoms with Gasteiger partial charge in [0.25, 0.3) is 5.91 Å². The summed E-state index contributed by atoms with van der Waals surface area (Å²) in [6.07, 6.45) is 12.5. The van der Waals surface area contributed by atoms with Gasteiger partial charge in [0.05, 0.1) is 6.04 Å². The third-order valence-corrected chi connectivity index (χ3v) is 18.2. The van der Waals surface area contributed by atoms with Crippen LogP contribution in [0.3, 0.4) is 0 Å². The largest absolute Gasteiger partial charge is 0.343 e. The summed E-state index contributed by atoms with van der Waals surface area (Å²) in [6.45, 7) is 24.7. The summed E-state index contributed by atoms with van der Waals surface area (Å²) in [5.41, 5.74) is -2.86. The molecule has 0 aromatic heterocycles. The molecule has 61 heavy (non-hydrogen) atoms. The average Bonchev–Trinajstić information content (AvgIpc) is 3.90. The fourth-order valence-electron chi connectivity index (χ4n) is 12.5. The van der Waals surface area contributed by atoms with Crippen LogP contribution in [-0.2, 0) is 34.2 Å². The number of nitrogens with zero attached hydrogens (tertiary/aromatic N) is 3. The van der Waals surface area contributed by atoms with Crippen molar-refractivity contribution in [1.82, 2.24) is 34.8 Å². The number of rotatable bonds is 15. The Balaban J connectivity index is 1.28. The first-order valence-corrected chi connectivity index (χ1v) is 24.8. The highest BCUT2D eigenvalue weighted by Crippen LogP contribution is 2.88. The van der Waals surface area contributed by atoms with Crippen LogP contribution in [0.25, 0.3) is 0 Å². The maximum Gasteiger partial charge on any atom is 0.304 e. The van der Waals surface area contributed by atoms with Crippen LogP contribution >= 0.6 is 0 Å². The van der Waals surface area contributed by atoms with Crippen LogP contribution in [0.1, 0.15) is 153 Å². The molecule has 6 rings (SSSR count). The molecule has 6 fully saturated rings. The van der Waals surface area contributed by atoms with Crippen molar-refractivity contribution >= 4 is 39.7 Å². The van der Waals surface area contributed by atoms with Crippen LogP contribution < -0.4 is 20.7 Å². The van der Waals surface area contributed by atoms with E-state index in [1.165, 1.54) is 4.31 Å². The number of amides is 5. The van der Waals surface area contributed by atoms with Crippen molar-refractivity contribution < 1.29 is 32.4 Å². The lowest BCUT2D eigenvalue weighted by atomic mass is 9.73. The molecule has 0 bridgehead atoms. The summed E-state index contributed by atoms with van der Waals surface area (Å²) in [7, 11) is -4.22. The molecule has 2 saturated heterocycles. The third kappa shape index (κ3) is 8.30. The smallest absolute Gasteiger partial charge is 0.304 e. The second kappa shape index (κ2) is 17.2. The topological polar surface area (TPSA) is 177 Å². The van der Waals surface area contributed by atoms with Gasteiger partial charge in [0, 0.05) is 36.5 Å². The molecule has 4 N–H and O–H groups in total. The highest BCUT2D eigenvalue weighted by Gasteiger charge is 2.85. The van der Waals surface area contributed by atoms with Crippen molar-refractivity contribution in [3.63, 3.8) is 0 Å². The predicted octanol–water partition coefficient (Wildman–Crippen LogP) is 4.79. The van der Waals surface area contributed by atoms with Gasteiger partial charge in [-0.1, -0.05) is 79.7 Å². The van der Waals surface area contributed by atoms with Crippen molar-refractivity contribution in [1.29, 1.82) is 0 Å². The van der Waals surface area contributed by atoms with Crippen LogP contribution in [0.15, 0.2) is 12.7 Å². The Morgan fingerprint density at radius 1 is 0.852 bits per heavy atom. The quantitative estimate of drug-likeness (QED) is 0.170. The molecule has 15 heteroatoms. The molecular formula is C46H77N7O7S. The minimum absolute atomic E-state index is 0.0276. The van der Waals surface area contributed by atoms with E-state index in [9.17, 15) is 27.6 Å². The van der Waals surface area contributed by atoms with Crippen LogP contribution in [-0.4, -0.2) is 113 Å². The van der Waals surface area contributed by atoms with Gasteiger partial charge < -0.3 is 20.9 Å². The Labute approximate surface area is 366 Å². The number of carbonyl (C=O) groups excluding carboxylic acids is 5. The highest BCUT2D eigenvalue weighted by atomic mass is 32.2. The minimum Gasteiger partial charge on any atom is -0.343 e. The van der Waals surface area contributed by atoms with E-state index in [2.05, 4.69) is 59.8 Å². The first-order chi connectivity index (χ1) is 28.4. The number of carbonyl (C=O) groups is 5. The van der Waals surface area contributed by atoms with E-state index in [4.69, 9.17) is 0 Å². The van der Waals surface area contributed by atoms with E-state index in [0.717, 1.165) is 77.2 Å². The van der Waals surface area contributed by atoms with Gasteiger partial charge in [0.2, 0.25) is 23.6 Å². The van der Waals surface area contributed by atoms with E-state index in [1.54, 1.807) is 31.7 Å². The first-order valence-electron chi connectivity index (χ1n) is 23.4. The zero-order valence-corrected chi connectivity index (χ0v) is 39.6. The monoisotopic (exact) mass is 872 g/mol. The molecule has 14 nitrogen and oxygen atoms in total. The normalized spacial score (nSPS) is 30.8. The van der Waals surface area contributed by atoms with Crippen LogP contribution in [0.2, 0.25) is 0 Å². The molecule has 0 unspecified atom stereocenters. The summed E-state index contributed by atoms with van der Waals surface area (Å²) < 4.78 is 30.2. The van der Waals surface area contributed by atoms with E-state index in [-0.39, 0.29) is 64.9 Å². The third-order valence-electron chi connectivity index (χ3n) is 16.5. The standard InChI is InChI=1S/C46H77N7O7S/c1-12-32-26-46(32,41(58)50-61(59,60)53(13-2)30(5)6)49-38(55)34-27-45(43(10,11)44(45)23-19-24-44)28-52(34)40(57)36(42(7,8)9)48-39(56)35(31-20-15-14-16-21-31)47-37(54)33-22-17-18-25-51(33)29(3)4/h12,29-36H,1,13-28H2,2-11H3,(H,47,54)(H,48,56)(H,49,55)(H,50,58)/t32-,33+,34+,35+,36-,45-,46-/m1/s1. The summed E-state index contributed by atoms with van der Waals surface area (Å²) in [4.78, 5) is 76.8. The Hall–Kier alpha value is -3.04. The molecule has 2 aliphatic heterocycles. The van der Waals surface area contributed by atoms with Crippen LogP contribution in [0.4, 0.5) is 0 Å². The van der Waals surface area contributed by atoms with Crippen molar-refractivity contribution in [2.45, 2.75) is 194 Å². The van der Waals surface area contributed by atoms with E-state index >= 15 is 4.79 Å². The molecule has 4 aliphatic carbocycles. The lowest BCUT2D eigenvalue weighted by molar-refractivity contribution is -0.145. The predicted molar refractivity (Wildman–Crippen MR) is 236 cm³/mol. The van der Waals surface area contributed by atoms with Crippen molar-refractivity contribution in [2.24, 2.45) is 33.5 Å². The molecule has 5 amide bonds. The SMILES string of the molecule is C=C[C@@H]1C[C@]1(NC(=O)[C@@H]1C[C@@]2(CN1C(=O)[C@@H](NC(=O)[C@@H](NC(=O)[C@@H]1CCCCN1C(C)C)C1CCCCC1)C(C)(C)C)C(C)(C)C21CCC1)C(=O)NS(=O)(=O)N(CC)C(C)C. The number of hydrogen-bond donors (Lipinski definition) is 4. The Kier molecular flexibility index (Phi) is 13.3. The summed E-state index contributed by atoms with van der Waals surface area (Å²) in [6, 6.07) is -3.36. The zero-order valence-electron chi connectivity index (χ0n) is 38.8. The number of fused-ring (bicyclic) bond motifs is 1. The lowest BCUT2D eigenvalue weighted by Crippen LogP contribution is -2.63. The molecule has 7 atom stereocenters. The van der Waals surface area contributed by atoms with Gasteiger partial charge >= 0.3 is 10.2 Å². The molecule has 6 aliphatic rings. The second-order valence-electron chi connectivity index (χ2n) is 21.6. The van der Waals surface area contributed by atoms with Gasteiger partial charge in [0.15, 0.2) is 0 Å². The van der Waals surface area contributed by atoms with E-state index in [0.29, 0.717) is 13.0 Å². The second-order valence-corrected chi connectivity index (χ2v) is 23.2. The number of piperidine rings is 1. The van der Waals surface area contributed by atoms with Crippen LogP contribution in [0, 0.1) is 33.5 Å². The first kappa shape index (κ1) is 47.4. The Morgan fingerprint density at radius 2 is 1.49 bits per heavy atom. The number of likely N-dealkylation sites (tertiary alicyclic amines) is 2. The molecule has 0 radical (unpaired) electrons.